The van der Waals surface area contributed by atoms with Crippen LogP contribution in [0.25, 0.3) is 11.3 Å². The van der Waals surface area contributed by atoms with E-state index >= 15 is 0 Å². The summed E-state index contributed by atoms with van der Waals surface area (Å²) < 4.78 is 1.52. The predicted octanol–water partition coefficient (Wildman–Crippen LogP) is 2.53. The number of hydrogen-bond donors (Lipinski definition) is 3. The number of aromatic amines is 1. The lowest BCUT2D eigenvalue weighted by Gasteiger charge is -2.09. The van der Waals surface area contributed by atoms with Gasteiger partial charge < -0.3 is 4.98 Å². The van der Waals surface area contributed by atoms with Crippen molar-refractivity contribution in [2.75, 3.05) is 0 Å². The molecule has 0 fully saturated rings. The fourth-order valence-electron chi connectivity index (χ4n) is 3.04. The fraction of sp³-hybridized carbons (Fsp3) is 0.0435. The highest BCUT2D eigenvalue weighted by molar-refractivity contribution is 5.99. The maximum Gasteiger partial charge on any atom is 0.288 e. The Bertz CT molecular complexity index is 1270. The van der Waals surface area contributed by atoms with Crippen LogP contribution in [0.3, 0.4) is 0 Å². The number of hydrazine groups is 1. The van der Waals surface area contributed by atoms with Gasteiger partial charge in [-0.2, -0.15) is 5.10 Å². The summed E-state index contributed by atoms with van der Waals surface area (Å²) in [6, 6.07) is 13.5. The van der Waals surface area contributed by atoms with Crippen molar-refractivity contribution >= 4 is 17.4 Å². The minimum absolute atomic E-state index is 0.127. The van der Waals surface area contributed by atoms with E-state index < -0.39 is 17.4 Å². The molecule has 8 heteroatoms. The molecule has 0 saturated carbocycles. The van der Waals surface area contributed by atoms with Gasteiger partial charge in [0.15, 0.2) is 0 Å². The van der Waals surface area contributed by atoms with E-state index in [1.807, 2.05) is 60.7 Å². The number of carbonyl (C=O) groups excluding carboxylic acids is 2. The summed E-state index contributed by atoms with van der Waals surface area (Å²) in [5.74, 6) is -1.15. The summed E-state index contributed by atoms with van der Waals surface area (Å²) in [6.45, 7) is 0. The molecule has 3 N–H and O–H groups in total. The zero-order valence-corrected chi connectivity index (χ0v) is 16.4. The number of carbonyl (C=O) groups is 2. The number of aromatic nitrogens is 3. The van der Waals surface area contributed by atoms with Gasteiger partial charge in [-0.1, -0.05) is 48.6 Å². The van der Waals surface area contributed by atoms with Gasteiger partial charge in [0.2, 0.25) is 5.56 Å². The fourth-order valence-corrected chi connectivity index (χ4v) is 3.04. The number of nitrogens with zero attached hydrogens (tertiary/aromatic N) is 2. The first-order valence-electron chi connectivity index (χ1n) is 9.60. The molecule has 0 atom stereocenters. The second kappa shape index (κ2) is 8.91. The van der Waals surface area contributed by atoms with Crippen molar-refractivity contribution in [3.63, 3.8) is 0 Å². The van der Waals surface area contributed by atoms with Gasteiger partial charge in [-0.05, 0) is 30.7 Å². The monoisotopic (exact) mass is 413 g/mol. The van der Waals surface area contributed by atoms with E-state index in [0.29, 0.717) is 11.4 Å². The van der Waals surface area contributed by atoms with Gasteiger partial charge in [0.25, 0.3) is 11.8 Å². The molecule has 2 heterocycles. The summed E-state index contributed by atoms with van der Waals surface area (Å²) in [5, 5.41) is 4.61. The Balaban J connectivity index is 1.62. The van der Waals surface area contributed by atoms with Gasteiger partial charge in [-0.3, -0.25) is 25.2 Å². The van der Waals surface area contributed by atoms with Crippen LogP contribution >= 0.6 is 0 Å². The highest BCUT2D eigenvalue weighted by Crippen LogP contribution is 2.21. The summed E-state index contributed by atoms with van der Waals surface area (Å²) in [6.07, 6.45) is 12.0. The highest BCUT2D eigenvalue weighted by atomic mass is 16.2. The van der Waals surface area contributed by atoms with Crippen molar-refractivity contribution in [3.05, 3.63) is 112 Å². The van der Waals surface area contributed by atoms with Crippen LogP contribution < -0.4 is 16.4 Å². The van der Waals surface area contributed by atoms with Gasteiger partial charge in [0, 0.05) is 23.4 Å². The summed E-state index contributed by atoms with van der Waals surface area (Å²) in [4.78, 5) is 39.0. The van der Waals surface area contributed by atoms with Crippen LogP contribution in [0, 0.1) is 0 Å². The van der Waals surface area contributed by atoms with Gasteiger partial charge in [-0.25, -0.2) is 4.68 Å². The first-order valence-corrected chi connectivity index (χ1v) is 9.60. The molecule has 31 heavy (non-hydrogen) atoms. The minimum Gasteiger partial charge on any atom is -0.329 e. The Hall–Kier alpha value is -4.46. The molecule has 2 aromatic heterocycles. The van der Waals surface area contributed by atoms with Gasteiger partial charge >= 0.3 is 0 Å². The lowest BCUT2D eigenvalue weighted by Crippen LogP contribution is -2.42. The first-order chi connectivity index (χ1) is 15.1. The van der Waals surface area contributed by atoms with Gasteiger partial charge in [-0.15, -0.1) is 0 Å². The normalized spacial score (nSPS) is 12.7. The number of nitrogens with one attached hydrogen (secondary N) is 3. The number of hydrogen-bond acceptors (Lipinski definition) is 4. The summed E-state index contributed by atoms with van der Waals surface area (Å²) >= 11 is 0. The summed E-state index contributed by atoms with van der Waals surface area (Å²) in [5.41, 5.74) is 6.87. The molecule has 0 radical (unpaired) electrons. The van der Waals surface area contributed by atoms with E-state index in [1.54, 1.807) is 6.07 Å². The average molecular weight is 413 g/mol. The molecule has 8 nitrogen and oxygen atoms in total. The maximum atomic E-state index is 12.9. The van der Waals surface area contributed by atoms with E-state index in [4.69, 9.17) is 0 Å². The minimum atomic E-state index is -0.606. The van der Waals surface area contributed by atoms with Crippen LogP contribution in [0.5, 0.6) is 0 Å². The third-order valence-corrected chi connectivity index (χ3v) is 4.55. The molecule has 1 aromatic carbocycles. The molecular formula is C23H19N5O3. The number of allylic oxidation sites excluding steroid dienone is 6. The molecule has 0 unspecified atom stereocenters. The Morgan fingerprint density at radius 2 is 1.81 bits per heavy atom. The van der Waals surface area contributed by atoms with Crippen LogP contribution in [0.4, 0.5) is 0 Å². The number of H-pyrrole nitrogens is 1. The number of amides is 2. The lowest BCUT2D eigenvalue weighted by molar-refractivity contribution is 0.0842. The topological polar surface area (TPSA) is 109 Å². The Labute approximate surface area is 177 Å². The molecule has 4 rings (SSSR count). The molecule has 3 aromatic rings. The van der Waals surface area contributed by atoms with E-state index in [1.165, 1.54) is 16.9 Å². The van der Waals surface area contributed by atoms with Gasteiger partial charge in [0.05, 0.1) is 11.4 Å². The van der Waals surface area contributed by atoms with E-state index in [-0.39, 0.29) is 11.3 Å². The smallest absolute Gasteiger partial charge is 0.288 e. The molecule has 0 spiro atoms. The van der Waals surface area contributed by atoms with Crippen molar-refractivity contribution in [1.82, 2.24) is 25.6 Å². The number of rotatable bonds is 4. The molecule has 2 amide bonds. The third kappa shape index (κ3) is 4.59. The highest BCUT2D eigenvalue weighted by Gasteiger charge is 2.19. The molecule has 0 bridgehead atoms. The van der Waals surface area contributed by atoms with Crippen molar-refractivity contribution in [1.29, 1.82) is 0 Å². The Kier molecular flexibility index (Phi) is 5.70. The second-order valence-corrected chi connectivity index (χ2v) is 6.70. The van der Waals surface area contributed by atoms with E-state index in [2.05, 4.69) is 20.9 Å². The molecule has 1 aliphatic rings. The first kappa shape index (κ1) is 19.8. The predicted molar refractivity (Wildman–Crippen MR) is 116 cm³/mol. The maximum absolute atomic E-state index is 12.9. The lowest BCUT2D eigenvalue weighted by atomic mass is 10.1. The molecule has 0 aliphatic heterocycles. The van der Waals surface area contributed by atoms with Crippen LogP contribution in [-0.2, 0) is 0 Å². The third-order valence-electron chi connectivity index (χ3n) is 4.55. The van der Waals surface area contributed by atoms with E-state index in [0.717, 1.165) is 18.1 Å². The summed E-state index contributed by atoms with van der Waals surface area (Å²) in [7, 11) is 0. The molecular weight excluding hydrogens is 394 g/mol. The second-order valence-electron chi connectivity index (χ2n) is 6.70. The van der Waals surface area contributed by atoms with Crippen molar-refractivity contribution in [3.8, 4) is 5.69 Å². The van der Waals surface area contributed by atoms with Crippen molar-refractivity contribution < 1.29 is 9.59 Å². The van der Waals surface area contributed by atoms with Crippen LogP contribution in [0.2, 0.25) is 0 Å². The standard InChI is InChI=1S/C23H19N5O3/c29-21-14-17(12-13-24-21)22(30)25-26-23(31)20-15-19(16-8-4-1-2-5-9-16)27-28(20)18-10-6-3-7-11-18/h1,3-15H,2H2,(H,24,29)(H,25,30)(H,26,31). The molecule has 154 valence electrons. The SMILES string of the molecule is O=C(NNC(=O)c1cc(C2=CC=CCC=C2)nn1-c1ccccc1)c1cc[nH]c(=O)c1. The van der Waals surface area contributed by atoms with Gasteiger partial charge in [0.1, 0.15) is 5.69 Å². The number of benzene rings is 1. The Morgan fingerprint density at radius 1 is 1.00 bits per heavy atom. The van der Waals surface area contributed by atoms with Crippen molar-refractivity contribution in [2.24, 2.45) is 0 Å². The number of para-hydroxylation sites is 1. The average Bonchev–Trinajstić information content (AvgIpc) is 3.06. The van der Waals surface area contributed by atoms with Crippen LogP contribution in [0.15, 0.2) is 89.9 Å². The zero-order chi connectivity index (χ0) is 21.6. The largest absolute Gasteiger partial charge is 0.329 e. The zero-order valence-electron chi connectivity index (χ0n) is 16.4. The quantitative estimate of drug-likeness (QED) is 0.571. The van der Waals surface area contributed by atoms with Crippen molar-refractivity contribution in [2.45, 2.75) is 6.42 Å². The van der Waals surface area contributed by atoms with Crippen LogP contribution in [-0.4, -0.2) is 26.6 Å². The Morgan fingerprint density at radius 3 is 2.61 bits per heavy atom. The molecule has 0 saturated heterocycles. The van der Waals surface area contributed by atoms with Crippen LogP contribution in [0.1, 0.15) is 33.0 Å². The van der Waals surface area contributed by atoms with E-state index in [9.17, 15) is 14.4 Å². The molecule has 1 aliphatic carbocycles. The number of pyridine rings is 1.